The quantitative estimate of drug-likeness (QED) is 0.575. The molecule has 0 bridgehead atoms. The molecule has 22 heavy (non-hydrogen) atoms. The second-order valence-electron chi connectivity index (χ2n) is 8.01. The van der Waals surface area contributed by atoms with Crippen molar-refractivity contribution in [2.24, 2.45) is 15.9 Å². The van der Waals surface area contributed by atoms with Crippen LogP contribution in [0.1, 0.15) is 59.8 Å². The van der Waals surface area contributed by atoms with E-state index in [0.29, 0.717) is 6.04 Å². The summed E-state index contributed by atoms with van der Waals surface area (Å²) in [4.78, 5) is 14.1. The molecule has 2 saturated heterocycles. The van der Waals surface area contributed by atoms with E-state index in [1.54, 1.807) is 0 Å². The number of aliphatic imine (C=N–C) groups is 2. The Hall–Kier alpha value is -1.06. The smallest absolute Gasteiger partial charge is 0.0856 e. The van der Waals surface area contributed by atoms with E-state index in [-0.39, 0.29) is 5.54 Å². The van der Waals surface area contributed by atoms with Gasteiger partial charge in [0.2, 0.25) is 0 Å². The van der Waals surface area contributed by atoms with Crippen molar-refractivity contribution in [1.29, 1.82) is 0 Å². The zero-order valence-corrected chi connectivity index (χ0v) is 15.0. The third-order valence-corrected chi connectivity index (χ3v) is 4.48. The highest BCUT2D eigenvalue weighted by molar-refractivity contribution is 5.56. The SMILES string of the molecule is CC(CC1CCN(C=NC(C)(C)C)C1)N=CN1CCCCC1. The van der Waals surface area contributed by atoms with Crippen LogP contribution in [-0.2, 0) is 0 Å². The van der Waals surface area contributed by atoms with Gasteiger partial charge in [0, 0.05) is 32.2 Å². The Morgan fingerprint density at radius 2 is 1.77 bits per heavy atom. The highest BCUT2D eigenvalue weighted by Crippen LogP contribution is 2.21. The van der Waals surface area contributed by atoms with E-state index in [9.17, 15) is 0 Å². The molecule has 0 aromatic carbocycles. The van der Waals surface area contributed by atoms with Gasteiger partial charge in [-0.3, -0.25) is 9.98 Å². The van der Waals surface area contributed by atoms with Crippen molar-refractivity contribution in [2.45, 2.75) is 71.4 Å². The second-order valence-corrected chi connectivity index (χ2v) is 8.01. The number of nitrogens with zero attached hydrogens (tertiary/aromatic N) is 4. The van der Waals surface area contributed by atoms with Crippen molar-refractivity contribution in [3.05, 3.63) is 0 Å². The average Bonchev–Trinajstić information content (AvgIpc) is 2.91. The van der Waals surface area contributed by atoms with E-state index in [2.05, 4.69) is 55.2 Å². The predicted molar refractivity (Wildman–Crippen MR) is 95.9 cm³/mol. The van der Waals surface area contributed by atoms with Gasteiger partial charge in [-0.1, -0.05) is 0 Å². The van der Waals surface area contributed by atoms with E-state index in [1.165, 1.54) is 45.2 Å². The lowest BCUT2D eigenvalue weighted by molar-refractivity contribution is 0.348. The summed E-state index contributed by atoms with van der Waals surface area (Å²) in [6.07, 6.45) is 10.7. The van der Waals surface area contributed by atoms with Gasteiger partial charge in [0.15, 0.2) is 0 Å². The second kappa shape index (κ2) is 7.98. The van der Waals surface area contributed by atoms with Crippen molar-refractivity contribution in [2.75, 3.05) is 26.2 Å². The Morgan fingerprint density at radius 1 is 1.05 bits per heavy atom. The molecule has 2 heterocycles. The highest BCUT2D eigenvalue weighted by Gasteiger charge is 2.22. The lowest BCUT2D eigenvalue weighted by Crippen LogP contribution is -2.29. The molecule has 2 fully saturated rings. The van der Waals surface area contributed by atoms with Crippen LogP contribution in [0.15, 0.2) is 9.98 Å². The first-order chi connectivity index (χ1) is 10.4. The van der Waals surface area contributed by atoms with Crippen LogP contribution in [-0.4, -0.2) is 60.2 Å². The zero-order valence-electron chi connectivity index (χ0n) is 15.0. The molecule has 0 aliphatic carbocycles. The number of hydrogen-bond acceptors (Lipinski definition) is 2. The molecule has 0 amide bonds. The zero-order chi connectivity index (χ0) is 16.0. The molecule has 4 heteroatoms. The molecule has 0 radical (unpaired) electrons. The van der Waals surface area contributed by atoms with Gasteiger partial charge in [-0.15, -0.1) is 0 Å². The van der Waals surface area contributed by atoms with E-state index in [1.807, 2.05) is 0 Å². The average molecular weight is 306 g/mol. The molecular formula is C18H34N4. The summed E-state index contributed by atoms with van der Waals surface area (Å²) < 4.78 is 0. The minimum absolute atomic E-state index is 0.0319. The standard InChI is InChI=1S/C18H34N4/c1-16(19-14-21-9-6-5-7-10-21)12-17-8-11-22(13-17)15-20-18(2,3)4/h14-17H,5-13H2,1-4H3. The summed E-state index contributed by atoms with van der Waals surface area (Å²) in [5.41, 5.74) is 0.0319. The van der Waals surface area contributed by atoms with Crippen LogP contribution in [0, 0.1) is 5.92 Å². The molecular weight excluding hydrogens is 272 g/mol. The van der Waals surface area contributed by atoms with Gasteiger partial charge >= 0.3 is 0 Å². The van der Waals surface area contributed by atoms with Crippen LogP contribution in [0.2, 0.25) is 0 Å². The maximum atomic E-state index is 4.77. The summed E-state index contributed by atoms with van der Waals surface area (Å²) in [7, 11) is 0. The van der Waals surface area contributed by atoms with Gasteiger partial charge in [-0.2, -0.15) is 0 Å². The molecule has 4 nitrogen and oxygen atoms in total. The van der Waals surface area contributed by atoms with Crippen LogP contribution >= 0.6 is 0 Å². The van der Waals surface area contributed by atoms with Gasteiger partial charge in [0.05, 0.1) is 18.2 Å². The Labute approximate surface area is 136 Å². The summed E-state index contributed by atoms with van der Waals surface area (Å²) in [5, 5.41) is 0. The lowest BCUT2D eigenvalue weighted by atomic mass is 10.0. The monoisotopic (exact) mass is 306 g/mol. The van der Waals surface area contributed by atoms with Crippen LogP contribution in [0.4, 0.5) is 0 Å². The normalized spacial score (nSPS) is 25.5. The third-order valence-electron chi connectivity index (χ3n) is 4.48. The molecule has 0 aromatic heterocycles. The molecule has 0 spiro atoms. The van der Waals surface area contributed by atoms with Crippen LogP contribution in [0.5, 0.6) is 0 Å². The number of rotatable bonds is 5. The summed E-state index contributed by atoms with van der Waals surface area (Å²) in [6, 6.07) is 0.437. The van der Waals surface area contributed by atoms with E-state index in [4.69, 9.17) is 4.99 Å². The molecule has 0 aromatic rings. The molecule has 2 atom stereocenters. The molecule has 126 valence electrons. The Bertz CT molecular complexity index is 377. The van der Waals surface area contributed by atoms with Crippen molar-refractivity contribution >= 4 is 12.7 Å². The van der Waals surface area contributed by atoms with Crippen molar-refractivity contribution in [1.82, 2.24) is 9.80 Å². The van der Waals surface area contributed by atoms with Gasteiger partial charge in [0.1, 0.15) is 0 Å². The Morgan fingerprint density at radius 3 is 2.45 bits per heavy atom. The van der Waals surface area contributed by atoms with Gasteiger partial charge in [0.25, 0.3) is 0 Å². The highest BCUT2D eigenvalue weighted by atomic mass is 15.2. The van der Waals surface area contributed by atoms with Crippen LogP contribution < -0.4 is 0 Å². The van der Waals surface area contributed by atoms with E-state index >= 15 is 0 Å². The summed E-state index contributed by atoms with van der Waals surface area (Å²) >= 11 is 0. The molecule has 2 rings (SSSR count). The molecule has 0 saturated carbocycles. The van der Waals surface area contributed by atoms with Crippen molar-refractivity contribution < 1.29 is 0 Å². The lowest BCUT2D eigenvalue weighted by Gasteiger charge is -2.24. The summed E-state index contributed by atoms with van der Waals surface area (Å²) in [6.45, 7) is 13.4. The fraction of sp³-hybridized carbons (Fsp3) is 0.889. The van der Waals surface area contributed by atoms with Gasteiger partial charge in [-0.25, -0.2) is 0 Å². The molecule has 2 aliphatic heterocycles. The van der Waals surface area contributed by atoms with Crippen LogP contribution in [0.25, 0.3) is 0 Å². The number of piperidine rings is 1. The number of hydrogen-bond donors (Lipinski definition) is 0. The first kappa shape index (κ1) is 17.3. The topological polar surface area (TPSA) is 31.2 Å². The fourth-order valence-corrected chi connectivity index (χ4v) is 3.20. The molecule has 0 N–H and O–H groups in total. The fourth-order valence-electron chi connectivity index (χ4n) is 3.20. The molecule has 2 unspecified atom stereocenters. The van der Waals surface area contributed by atoms with E-state index in [0.717, 1.165) is 19.0 Å². The van der Waals surface area contributed by atoms with Crippen molar-refractivity contribution in [3.8, 4) is 0 Å². The number of likely N-dealkylation sites (tertiary alicyclic amines) is 2. The van der Waals surface area contributed by atoms with Crippen LogP contribution in [0.3, 0.4) is 0 Å². The molecule has 2 aliphatic rings. The van der Waals surface area contributed by atoms with Crippen molar-refractivity contribution in [3.63, 3.8) is 0 Å². The predicted octanol–water partition coefficient (Wildman–Crippen LogP) is 3.43. The van der Waals surface area contributed by atoms with Gasteiger partial charge < -0.3 is 9.80 Å². The third kappa shape index (κ3) is 6.37. The largest absolute Gasteiger partial charge is 0.363 e. The minimum atomic E-state index is 0.0319. The Kier molecular flexibility index (Phi) is 6.27. The Balaban J connectivity index is 1.70. The minimum Gasteiger partial charge on any atom is -0.363 e. The van der Waals surface area contributed by atoms with Gasteiger partial charge in [-0.05, 0) is 65.7 Å². The summed E-state index contributed by atoms with van der Waals surface area (Å²) in [5.74, 6) is 0.764. The van der Waals surface area contributed by atoms with E-state index < -0.39 is 0 Å². The maximum Gasteiger partial charge on any atom is 0.0856 e. The maximum absolute atomic E-state index is 4.77. The first-order valence-electron chi connectivity index (χ1n) is 8.99. The first-order valence-corrected chi connectivity index (χ1v) is 8.99.